The molecule has 2 heterocycles. The molecule has 1 fully saturated rings. The molecule has 0 aliphatic carbocycles. The van der Waals surface area contributed by atoms with E-state index in [2.05, 4.69) is 15.3 Å². The molecule has 9 nitrogen and oxygen atoms in total. The zero-order valence-electron chi connectivity index (χ0n) is 19.7. The van der Waals surface area contributed by atoms with Crippen molar-refractivity contribution in [1.82, 2.24) is 14.7 Å². The maximum atomic E-state index is 13.0. The molecule has 180 valence electrons. The van der Waals surface area contributed by atoms with Crippen LogP contribution >= 0.6 is 0 Å². The van der Waals surface area contributed by atoms with E-state index in [0.717, 1.165) is 49.9 Å². The van der Waals surface area contributed by atoms with Crippen LogP contribution in [0.1, 0.15) is 10.4 Å². The summed E-state index contributed by atoms with van der Waals surface area (Å²) in [6, 6.07) is 12.6. The molecule has 2 aromatic carbocycles. The molecule has 4 rings (SSSR count). The number of anilines is 1. The van der Waals surface area contributed by atoms with E-state index < -0.39 is 0 Å². The van der Waals surface area contributed by atoms with Crippen molar-refractivity contribution in [3.63, 3.8) is 0 Å². The number of benzene rings is 2. The summed E-state index contributed by atoms with van der Waals surface area (Å²) < 4.78 is 23.9. The lowest BCUT2D eigenvalue weighted by Crippen LogP contribution is -2.38. The van der Waals surface area contributed by atoms with Crippen LogP contribution in [0, 0.1) is 0 Å². The van der Waals surface area contributed by atoms with E-state index >= 15 is 0 Å². The van der Waals surface area contributed by atoms with Gasteiger partial charge in [-0.1, -0.05) is 0 Å². The first-order chi connectivity index (χ1) is 16.6. The standard InChI is InChI=1S/C25H30N4O5/c1-28-23(6-7-26-28)22-16-19(4-5-24(22)34-13-10-29-8-11-33-12-9-29)27-25(30)18-14-20(31-2)17-21(15-18)32-3/h4-7,14-17H,8-13H2,1-3H3,(H,27,30). The number of hydrogen-bond acceptors (Lipinski definition) is 7. The van der Waals surface area contributed by atoms with E-state index in [1.165, 1.54) is 0 Å². The summed E-state index contributed by atoms with van der Waals surface area (Å²) in [4.78, 5) is 15.3. The van der Waals surface area contributed by atoms with Crippen LogP contribution in [0.25, 0.3) is 11.3 Å². The Morgan fingerprint density at radius 1 is 1.06 bits per heavy atom. The van der Waals surface area contributed by atoms with Gasteiger partial charge in [0.15, 0.2) is 0 Å². The maximum Gasteiger partial charge on any atom is 0.255 e. The monoisotopic (exact) mass is 466 g/mol. The molecule has 9 heteroatoms. The highest BCUT2D eigenvalue weighted by Crippen LogP contribution is 2.33. The SMILES string of the molecule is COc1cc(OC)cc(C(=O)Nc2ccc(OCCN3CCOCC3)c(-c3ccnn3C)c2)c1. The van der Waals surface area contributed by atoms with E-state index in [4.69, 9.17) is 18.9 Å². The molecule has 1 amide bonds. The fourth-order valence-electron chi connectivity index (χ4n) is 3.82. The van der Waals surface area contributed by atoms with Crippen LogP contribution in [0.15, 0.2) is 48.7 Å². The van der Waals surface area contributed by atoms with Gasteiger partial charge in [-0.3, -0.25) is 14.4 Å². The second-order valence-electron chi connectivity index (χ2n) is 7.91. The van der Waals surface area contributed by atoms with Gasteiger partial charge in [0.2, 0.25) is 0 Å². The Balaban J connectivity index is 1.53. The normalized spacial score (nSPS) is 14.0. The average molecular weight is 467 g/mol. The highest BCUT2D eigenvalue weighted by molar-refractivity contribution is 6.05. The Kier molecular flexibility index (Phi) is 7.66. The average Bonchev–Trinajstić information content (AvgIpc) is 3.30. The number of nitrogens with one attached hydrogen (secondary N) is 1. The Hall–Kier alpha value is -3.56. The predicted molar refractivity (Wildman–Crippen MR) is 129 cm³/mol. The minimum Gasteiger partial charge on any atom is -0.497 e. The van der Waals surface area contributed by atoms with Crippen LogP contribution in [-0.4, -0.2) is 74.3 Å². The summed E-state index contributed by atoms with van der Waals surface area (Å²) in [6.07, 6.45) is 1.74. The highest BCUT2D eigenvalue weighted by Gasteiger charge is 2.16. The zero-order chi connectivity index (χ0) is 23.9. The molecule has 1 saturated heterocycles. The highest BCUT2D eigenvalue weighted by atomic mass is 16.5. The molecule has 1 aliphatic rings. The summed E-state index contributed by atoms with van der Waals surface area (Å²) in [6.45, 7) is 4.72. The van der Waals surface area contributed by atoms with E-state index in [1.807, 2.05) is 31.3 Å². The summed E-state index contributed by atoms with van der Waals surface area (Å²) in [7, 11) is 4.98. The molecule has 0 bridgehead atoms. The predicted octanol–water partition coefficient (Wildman–Crippen LogP) is 3.07. The molecule has 1 aliphatic heterocycles. The molecule has 34 heavy (non-hydrogen) atoms. The Labute approximate surface area is 199 Å². The number of hydrogen-bond donors (Lipinski definition) is 1. The van der Waals surface area contributed by atoms with E-state index in [-0.39, 0.29) is 5.91 Å². The molecule has 0 radical (unpaired) electrons. The number of nitrogens with zero attached hydrogens (tertiary/aromatic N) is 3. The number of ether oxygens (including phenoxy) is 4. The van der Waals surface area contributed by atoms with Crippen molar-refractivity contribution < 1.29 is 23.7 Å². The van der Waals surface area contributed by atoms with Crippen LogP contribution in [0.3, 0.4) is 0 Å². The first kappa shape index (κ1) is 23.6. The number of carbonyl (C=O) groups excluding carboxylic acids is 1. The molecular weight excluding hydrogens is 436 g/mol. The minimum absolute atomic E-state index is 0.269. The first-order valence-electron chi connectivity index (χ1n) is 11.2. The van der Waals surface area contributed by atoms with Gasteiger partial charge in [0.1, 0.15) is 23.9 Å². The third-order valence-electron chi connectivity index (χ3n) is 5.72. The third-order valence-corrected chi connectivity index (χ3v) is 5.72. The van der Waals surface area contributed by atoms with Crippen LogP contribution in [0.2, 0.25) is 0 Å². The molecule has 0 atom stereocenters. The topological polar surface area (TPSA) is 87.1 Å². The molecule has 0 saturated carbocycles. The fraction of sp³-hybridized carbons (Fsp3) is 0.360. The van der Waals surface area contributed by atoms with Gasteiger partial charge in [0, 0.05) is 55.8 Å². The Morgan fingerprint density at radius 2 is 1.79 bits per heavy atom. The van der Waals surface area contributed by atoms with Gasteiger partial charge in [-0.05, 0) is 36.4 Å². The summed E-state index contributed by atoms with van der Waals surface area (Å²) in [5.41, 5.74) is 2.82. The van der Waals surface area contributed by atoms with Gasteiger partial charge in [-0.2, -0.15) is 5.10 Å². The molecular formula is C25H30N4O5. The lowest BCUT2D eigenvalue weighted by molar-refractivity contribution is 0.0323. The van der Waals surface area contributed by atoms with E-state index in [0.29, 0.717) is 29.4 Å². The Morgan fingerprint density at radius 3 is 2.44 bits per heavy atom. The smallest absolute Gasteiger partial charge is 0.255 e. The number of methoxy groups -OCH3 is 2. The molecule has 1 aromatic heterocycles. The van der Waals surface area contributed by atoms with Gasteiger partial charge in [-0.25, -0.2) is 0 Å². The van der Waals surface area contributed by atoms with Crippen LogP contribution in [0.5, 0.6) is 17.2 Å². The summed E-state index contributed by atoms with van der Waals surface area (Å²) in [5, 5.41) is 7.25. The molecule has 0 unspecified atom stereocenters. The van der Waals surface area contributed by atoms with Crippen molar-refractivity contribution in [1.29, 1.82) is 0 Å². The fourth-order valence-corrected chi connectivity index (χ4v) is 3.82. The first-order valence-corrected chi connectivity index (χ1v) is 11.2. The van der Waals surface area contributed by atoms with Crippen molar-refractivity contribution in [3.05, 3.63) is 54.2 Å². The Bertz CT molecular complexity index is 1100. The van der Waals surface area contributed by atoms with Crippen molar-refractivity contribution in [2.75, 3.05) is 59.0 Å². The third kappa shape index (κ3) is 5.67. The number of amides is 1. The van der Waals surface area contributed by atoms with E-state index in [1.54, 1.807) is 43.3 Å². The van der Waals surface area contributed by atoms with Gasteiger partial charge in [0.05, 0.1) is 33.1 Å². The number of aryl methyl sites for hydroxylation is 1. The number of aromatic nitrogens is 2. The maximum absolute atomic E-state index is 13.0. The lowest BCUT2D eigenvalue weighted by Gasteiger charge is -2.26. The number of carbonyl (C=O) groups is 1. The van der Waals surface area contributed by atoms with Gasteiger partial charge in [-0.15, -0.1) is 0 Å². The zero-order valence-corrected chi connectivity index (χ0v) is 19.7. The van der Waals surface area contributed by atoms with Crippen molar-refractivity contribution in [2.24, 2.45) is 7.05 Å². The second-order valence-corrected chi connectivity index (χ2v) is 7.91. The largest absolute Gasteiger partial charge is 0.497 e. The molecule has 0 spiro atoms. The van der Waals surface area contributed by atoms with Crippen molar-refractivity contribution in [2.45, 2.75) is 0 Å². The summed E-state index contributed by atoms with van der Waals surface area (Å²) >= 11 is 0. The molecule has 3 aromatic rings. The van der Waals surface area contributed by atoms with Gasteiger partial charge < -0.3 is 24.3 Å². The minimum atomic E-state index is -0.269. The van der Waals surface area contributed by atoms with Gasteiger partial charge >= 0.3 is 0 Å². The van der Waals surface area contributed by atoms with Crippen molar-refractivity contribution in [3.8, 4) is 28.5 Å². The second kappa shape index (κ2) is 11.0. The van der Waals surface area contributed by atoms with Crippen LogP contribution < -0.4 is 19.5 Å². The quantitative estimate of drug-likeness (QED) is 0.519. The number of rotatable bonds is 9. The van der Waals surface area contributed by atoms with Crippen LogP contribution in [-0.2, 0) is 11.8 Å². The van der Waals surface area contributed by atoms with Crippen molar-refractivity contribution >= 4 is 11.6 Å². The van der Waals surface area contributed by atoms with Gasteiger partial charge in [0.25, 0.3) is 5.91 Å². The van der Waals surface area contributed by atoms with Crippen LogP contribution in [0.4, 0.5) is 5.69 Å². The summed E-state index contributed by atoms with van der Waals surface area (Å²) in [5.74, 6) is 1.56. The molecule has 1 N–H and O–H groups in total. The lowest BCUT2D eigenvalue weighted by atomic mass is 10.1. The number of morpholine rings is 1. The van der Waals surface area contributed by atoms with E-state index in [9.17, 15) is 4.79 Å².